The summed E-state index contributed by atoms with van der Waals surface area (Å²) in [6.07, 6.45) is 1.35. The van der Waals surface area contributed by atoms with Crippen molar-refractivity contribution in [3.8, 4) is 11.3 Å². The largest absolute Gasteiger partial charge is 0.354 e. The number of H-pyrrole nitrogens is 1. The first-order valence-electron chi connectivity index (χ1n) is 6.67. The number of hydrogen-bond donors (Lipinski definition) is 1. The van der Waals surface area contributed by atoms with E-state index in [1.807, 2.05) is 42.5 Å². The first-order chi connectivity index (χ1) is 9.75. The van der Waals surface area contributed by atoms with E-state index in [0.717, 1.165) is 39.2 Å². The van der Waals surface area contributed by atoms with Crippen molar-refractivity contribution in [2.24, 2.45) is 0 Å². The standard InChI is InChI=1S/C17H12ClNO/c18-13-6-2-1-4-10(13)17-12-8-9-15(20)11-5-3-7-14(19-17)16(11)12/h1-7,19H,8-9H2. The first-order valence-corrected chi connectivity index (χ1v) is 7.05. The van der Waals surface area contributed by atoms with Crippen LogP contribution in [-0.4, -0.2) is 10.8 Å². The van der Waals surface area contributed by atoms with Gasteiger partial charge in [-0.15, -0.1) is 0 Å². The monoisotopic (exact) mass is 281 g/mol. The summed E-state index contributed by atoms with van der Waals surface area (Å²) >= 11 is 6.31. The summed E-state index contributed by atoms with van der Waals surface area (Å²) in [6, 6.07) is 13.7. The van der Waals surface area contributed by atoms with Crippen LogP contribution in [0.1, 0.15) is 22.3 Å². The number of aromatic amines is 1. The Bertz CT molecular complexity index is 847. The Balaban J connectivity index is 2.09. The SMILES string of the molecule is O=C1CCc2c(-c3ccccc3Cl)[nH]c3cccc1c23. The lowest BCUT2D eigenvalue weighted by molar-refractivity contribution is 0.0982. The van der Waals surface area contributed by atoms with Crippen LogP contribution in [0.2, 0.25) is 5.02 Å². The zero-order valence-corrected chi connectivity index (χ0v) is 11.5. The summed E-state index contributed by atoms with van der Waals surface area (Å²) < 4.78 is 0. The van der Waals surface area contributed by atoms with Gasteiger partial charge >= 0.3 is 0 Å². The minimum absolute atomic E-state index is 0.229. The maximum absolute atomic E-state index is 12.0. The van der Waals surface area contributed by atoms with Gasteiger partial charge in [-0.05, 0) is 24.1 Å². The molecular weight excluding hydrogens is 270 g/mol. The van der Waals surface area contributed by atoms with E-state index >= 15 is 0 Å². The minimum Gasteiger partial charge on any atom is -0.354 e. The molecule has 0 saturated heterocycles. The maximum atomic E-state index is 12.0. The molecule has 2 aromatic carbocycles. The third-order valence-corrected chi connectivity index (χ3v) is 4.30. The fourth-order valence-electron chi connectivity index (χ4n) is 3.07. The summed E-state index contributed by atoms with van der Waals surface area (Å²) in [5, 5.41) is 1.80. The zero-order chi connectivity index (χ0) is 13.7. The van der Waals surface area contributed by atoms with Gasteiger partial charge in [0.1, 0.15) is 0 Å². The second-order valence-corrected chi connectivity index (χ2v) is 5.52. The Hall–Kier alpha value is -2.06. The van der Waals surface area contributed by atoms with E-state index in [9.17, 15) is 4.79 Å². The van der Waals surface area contributed by atoms with Crippen molar-refractivity contribution in [2.75, 3.05) is 0 Å². The van der Waals surface area contributed by atoms with Crippen molar-refractivity contribution in [2.45, 2.75) is 12.8 Å². The normalized spacial score (nSPS) is 13.9. The Morgan fingerprint density at radius 3 is 2.60 bits per heavy atom. The Labute approximate surface area is 121 Å². The van der Waals surface area contributed by atoms with E-state index in [-0.39, 0.29) is 5.78 Å². The Morgan fingerprint density at radius 2 is 1.75 bits per heavy atom. The average molecular weight is 282 g/mol. The molecule has 1 aliphatic rings. The number of rotatable bonds is 1. The molecule has 2 nitrogen and oxygen atoms in total. The van der Waals surface area contributed by atoms with Gasteiger partial charge in [-0.1, -0.05) is 41.9 Å². The van der Waals surface area contributed by atoms with Crippen LogP contribution >= 0.6 is 11.6 Å². The van der Waals surface area contributed by atoms with Crippen molar-refractivity contribution < 1.29 is 4.79 Å². The summed E-state index contributed by atoms with van der Waals surface area (Å²) in [4.78, 5) is 15.5. The smallest absolute Gasteiger partial charge is 0.163 e. The number of aryl methyl sites for hydroxylation is 1. The molecule has 0 spiro atoms. The van der Waals surface area contributed by atoms with Gasteiger partial charge in [-0.25, -0.2) is 0 Å². The van der Waals surface area contributed by atoms with Crippen LogP contribution in [0.3, 0.4) is 0 Å². The molecular formula is C17H12ClNO. The lowest BCUT2D eigenvalue weighted by Gasteiger charge is -2.13. The fraction of sp³-hybridized carbons (Fsp3) is 0.118. The second-order valence-electron chi connectivity index (χ2n) is 5.11. The van der Waals surface area contributed by atoms with Gasteiger partial charge in [-0.2, -0.15) is 0 Å². The number of Topliss-reactive ketones (excluding diaryl/α,β-unsaturated/α-hetero) is 1. The molecule has 3 aromatic rings. The molecule has 98 valence electrons. The van der Waals surface area contributed by atoms with Crippen LogP contribution in [0.4, 0.5) is 0 Å². The van der Waals surface area contributed by atoms with Gasteiger partial charge in [0.05, 0.1) is 5.69 Å². The first kappa shape index (κ1) is 11.7. The lowest BCUT2D eigenvalue weighted by Crippen LogP contribution is -2.08. The molecule has 1 N–H and O–H groups in total. The topological polar surface area (TPSA) is 32.9 Å². The van der Waals surface area contributed by atoms with E-state index < -0.39 is 0 Å². The maximum Gasteiger partial charge on any atom is 0.163 e. The van der Waals surface area contributed by atoms with Gasteiger partial charge in [0.25, 0.3) is 0 Å². The fourth-order valence-corrected chi connectivity index (χ4v) is 3.30. The number of aromatic nitrogens is 1. The number of nitrogens with one attached hydrogen (secondary N) is 1. The average Bonchev–Trinajstić information content (AvgIpc) is 2.83. The molecule has 0 radical (unpaired) electrons. The molecule has 0 saturated carbocycles. The summed E-state index contributed by atoms with van der Waals surface area (Å²) in [7, 11) is 0. The van der Waals surface area contributed by atoms with Gasteiger partial charge in [0.2, 0.25) is 0 Å². The summed E-state index contributed by atoms with van der Waals surface area (Å²) in [5.41, 5.74) is 5.10. The van der Waals surface area contributed by atoms with Crippen molar-refractivity contribution in [1.82, 2.24) is 4.98 Å². The van der Waals surface area contributed by atoms with Crippen LogP contribution in [0.15, 0.2) is 42.5 Å². The van der Waals surface area contributed by atoms with Crippen LogP contribution in [0.5, 0.6) is 0 Å². The number of carbonyl (C=O) groups excluding carboxylic acids is 1. The number of carbonyl (C=O) groups is 1. The Morgan fingerprint density at radius 1 is 0.950 bits per heavy atom. The van der Waals surface area contributed by atoms with Gasteiger partial charge in [0.15, 0.2) is 5.78 Å². The van der Waals surface area contributed by atoms with Crippen LogP contribution in [0.25, 0.3) is 22.2 Å². The minimum atomic E-state index is 0.229. The number of halogens is 1. The number of ketones is 1. The lowest BCUT2D eigenvalue weighted by atomic mass is 9.89. The van der Waals surface area contributed by atoms with E-state index in [0.29, 0.717) is 6.42 Å². The predicted octanol–water partition coefficient (Wildman–Crippen LogP) is 4.62. The quantitative estimate of drug-likeness (QED) is 0.694. The van der Waals surface area contributed by atoms with E-state index in [1.54, 1.807) is 0 Å². The van der Waals surface area contributed by atoms with Gasteiger partial charge in [-0.3, -0.25) is 4.79 Å². The second kappa shape index (κ2) is 4.22. The summed E-state index contributed by atoms with van der Waals surface area (Å²) in [6.45, 7) is 0. The highest BCUT2D eigenvalue weighted by Crippen LogP contribution is 2.38. The van der Waals surface area contributed by atoms with Crippen molar-refractivity contribution in [3.63, 3.8) is 0 Å². The molecule has 20 heavy (non-hydrogen) atoms. The van der Waals surface area contributed by atoms with E-state index in [4.69, 9.17) is 11.6 Å². The number of hydrogen-bond acceptors (Lipinski definition) is 1. The molecule has 0 atom stereocenters. The van der Waals surface area contributed by atoms with Gasteiger partial charge < -0.3 is 4.98 Å². The van der Waals surface area contributed by atoms with Crippen LogP contribution in [-0.2, 0) is 6.42 Å². The van der Waals surface area contributed by atoms with E-state index in [2.05, 4.69) is 4.98 Å². The Kier molecular flexibility index (Phi) is 2.48. The third-order valence-electron chi connectivity index (χ3n) is 3.97. The molecule has 0 bridgehead atoms. The molecule has 1 heterocycles. The molecule has 3 heteroatoms. The van der Waals surface area contributed by atoms with Crippen LogP contribution in [0, 0.1) is 0 Å². The third kappa shape index (κ3) is 1.55. The number of benzene rings is 2. The van der Waals surface area contributed by atoms with E-state index in [1.165, 1.54) is 5.56 Å². The molecule has 4 rings (SSSR count). The van der Waals surface area contributed by atoms with Crippen molar-refractivity contribution >= 4 is 28.3 Å². The summed E-state index contributed by atoms with van der Waals surface area (Å²) in [5.74, 6) is 0.229. The van der Waals surface area contributed by atoms with Gasteiger partial charge in [0, 0.05) is 33.5 Å². The highest BCUT2D eigenvalue weighted by molar-refractivity contribution is 6.33. The molecule has 1 aliphatic carbocycles. The van der Waals surface area contributed by atoms with Crippen LogP contribution < -0.4 is 0 Å². The molecule has 1 aromatic heterocycles. The molecule has 0 aliphatic heterocycles. The van der Waals surface area contributed by atoms with Crippen molar-refractivity contribution in [1.29, 1.82) is 0 Å². The highest BCUT2D eigenvalue weighted by Gasteiger charge is 2.24. The molecule has 0 fully saturated rings. The van der Waals surface area contributed by atoms with Crippen molar-refractivity contribution in [3.05, 3.63) is 58.6 Å². The molecule has 0 amide bonds. The predicted molar refractivity (Wildman–Crippen MR) is 81.4 cm³/mol. The highest BCUT2D eigenvalue weighted by atomic mass is 35.5. The zero-order valence-electron chi connectivity index (χ0n) is 10.7. The molecule has 0 unspecified atom stereocenters.